The van der Waals surface area contributed by atoms with Gasteiger partial charge in [0.15, 0.2) is 0 Å². The van der Waals surface area contributed by atoms with E-state index in [4.69, 9.17) is 16.2 Å². The Morgan fingerprint density at radius 3 is 2.23 bits per heavy atom. The van der Waals surface area contributed by atoms with Gasteiger partial charge in [0, 0.05) is 36.7 Å². The summed E-state index contributed by atoms with van der Waals surface area (Å²) in [6.45, 7) is 6.81. The van der Waals surface area contributed by atoms with Crippen molar-refractivity contribution in [2.75, 3.05) is 13.1 Å². The molecule has 1 saturated heterocycles. The fourth-order valence-electron chi connectivity index (χ4n) is 4.09. The quantitative estimate of drug-likeness (QED) is 0.353. The van der Waals surface area contributed by atoms with Gasteiger partial charge in [-0.15, -0.1) is 0 Å². The van der Waals surface area contributed by atoms with Gasteiger partial charge in [0.1, 0.15) is 5.84 Å². The maximum Gasteiger partial charge on any atom is 0.303 e. The van der Waals surface area contributed by atoms with Crippen LogP contribution in [0.15, 0.2) is 24.3 Å². The molecule has 2 amide bonds. The summed E-state index contributed by atoms with van der Waals surface area (Å²) in [4.78, 5) is 38.9. The predicted octanol–water partition coefficient (Wildman–Crippen LogP) is 2.61. The number of benzene rings is 1. The van der Waals surface area contributed by atoms with E-state index in [9.17, 15) is 14.4 Å². The lowest BCUT2D eigenvalue weighted by molar-refractivity contribution is -0.144. The third kappa shape index (κ3) is 6.29. The summed E-state index contributed by atoms with van der Waals surface area (Å²) in [5.41, 5.74) is 5.66. The molecule has 1 heterocycles. The van der Waals surface area contributed by atoms with Crippen LogP contribution in [0.4, 0.5) is 0 Å². The Hall–Kier alpha value is -2.90. The number of carboxylic acids is 1. The first-order valence-corrected chi connectivity index (χ1v) is 10.8. The zero-order chi connectivity index (χ0) is 23.2. The second-order valence-electron chi connectivity index (χ2n) is 8.86. The van der Waals surface area contributed by atoms with Gasteiger partial charge in [-0.3, -0.25) is 19.8 Å². The molecule has 5 N–H and O–H groups in total. The van der Waals surface area contributed by atoms with Crippen molar-refractivity contribution >= 4 is 23.6 Å². The molecule has 1 aromatic rings. The van der Waals surface area contributed by atoms with E-state index in [1.807, 2.05) is 20.8 Å². The molecule has 31 heavy (non-hydrogen) atoms. The van der Waals surface area contributed by atoms with Crippen molar-refractivity contribution in [3.63, 3.8) is 0 Å². The van der Waals surface area contributed by atoms with E-state index < -0.39 is 11.4 Å². The Kier molecular flexibility index (Phi) is 8.19. The highest BCUT2D eigenvalue weighted by Crippen LogP contribution is 2.30. The summed E-state index contributed by atoms with van der Waals surface area (Å²) >= 11 is 0. The number of nitrogens with one attached hydrogen (secondary N) is 2. The summed E-state index contributed by atoms with van der Waals surface area (Å²) in [5, 5.41) is 19.5. The molecule has 0 unspecified atom stereocenters. The van der Waals surface area contributed by atoms with Crippen LogP contribution in [0.2, 0.25) is 0 Å². The molecule has 0 aliphatic carbocycles. The van der Waals surface area contributed by atoms with Crippen LogP contribution in [-0.4, -0.2) is 52.8 Å². The minimum atomic E-state index is -0.801. The summed E-state index contributed by atoms with van der Waals surface area (Å²) in [5.74, 6) is -1.04. The lowest BCUT2D eigenvalue weighted by atomic mass is 9.79. The molecule has 170 valence electrons. The fourth-order valence-corrected chi connectivity index (χ4v) is 4.09. The molecule has 1 aromatic carbocycles. The van der Waals surface area contributed by atoms with E-state index in [2.05, 4.69) is 5.32 Å². The van der Waals surface area contributed by atoms with Gasteiger partial charge in [0.25, 0.3) is 5.91 Å². The van der Waals surface area contributed by atoms with Crippen LogP contribution in [0.25, 0.3) is 0 Å². The molecule has 1 atom stereocenters. The number of carboxylic acid groups (broad SMARTS) is 1. The van der Waals surface area contributed by atoms with Gasteiger partial charge in [-0.2, -0.15) is 0 Å². The van der Waals surface area contributed by atoms with Crippen LogP contribution in [0.1, 0.15) is 68.8 Å². The third-order valence-corrected chi connectivity index (χ3v) is 6.13. The topological polar surface area (TPSA) is 137 Å². The highest BCUT2D eigenvalue weighted by atomic mass is 16.4. The molecule has 0 radical (unpaired) electrons. The zero-order valence-corrected chi connectivity index (χ0v) is 18.6. The normalized spacial score (nSPS) is 15.9. The van der Waals surface area contributed by atoms with Gasteiger partial charge in [-0.1, -0.05) is 25.5 Å². The SMILES string of the molecule is CCC[C@@H](NC(=O)c1ccc(C(=N)N)cc1)C(C)(C)C(=O)N1CCC(CC(=O)O)CC1. The Labute approximate surface area is 183 Å². The van der Waals surface area contributed by atoms with Crippen LogP contribution in [0, 0.1) is 16.7 Å². The van der Waals surface area contributed by atoms with Crippen LogP contribution in [-0.2, 0) is 9.59 Å². The standard InChI is InChI=1S/C23H34N4O4/c1-4-5-18(26-21(30)17-8-6-16(7-9-17)20(24)25)23(2,3)22(31)27-12-10-15(11-13-27)14-19(28)29/h6-9,15,18H,4-5,10-14H2,1-3H3,(H3,24,25)(H,26,30)(H,28,29)/t18-/m1/s1. The first kappa shape index (κ1) is 24.4. The Morgan fingerprint density at radius 1 is 1.19 bits per heavy atom. The number of likely N-dealkylation sites (tertiary alicyclic amines) is 1. The van der Waals surface area contributed by atoms with Crippen molar-refractivity contribution in [3.05, 3.63) is 35.4 Å². The number of carbonyl (C=O) groups is 3. The number of hydrogen-bond acceptors (Lipinski definition) is 4. The third-order valence-electron chi connectivity index (χ3n) is 6.13. The monoisotopic (exact) mass is 430 g/mol. The molecule has 1 aliphatic rings. The molecular weight excluding hydrogens is 396 g/mol. The van der Waals surface area contributed by atoms with Crippen molar-refractivity contribution in [3.8, 4) is 0 Å². The number of rotatable bonds is 9. The molecule has 1 fully saturated rings. The molecule has 2 rings (SSSR count). The summed E-state index contributed by atoms with van der Waals surface area (Å²) < 4.78 is 0. The van der Waals surface area contributed by atoms with E-state index in [-0.39, 0.29) is 36.0 Å². The minimum Gasteiger partial charge on any atom is -0.481 e. The molecule has 8 heteroatoms. The Morgan fingerprint density at radius 2 is 1.74 bits per heavy atom. The molecule has 8 nitrogen and oxygen atoms in total. The first-order valence-electron chi connectivity index (χ1n) is 10.8. The van der Waals surface area contributed by atoms with Gasteiger partial charge in [-0.05, 0) is 51.2 Å². The minimum absolute atomic E-state index is 0.0213. The maximum atomic E-state index is 13.3. The van der Waals surface area contributed by atoms with Crippen LogP contribution in [0.3, 0.4) is 0 Å². The number of amides is 2. The highest BCUT2D eigenvalue weighted by molar-refractivity contribution is 5.98. The summed E-state index contributed by atoms with van der Waals surface area (Å²) in [6, 6.07) is 6.16. The number of nitrogens with zero attached hydrogens (tertiary/aromatic N) is 1. The molecule has 1 aliphatic heterocycles. The number of hydrogen-bond donors (Lipinski definition) is 4. The van der Waals surface area contributed by atoms with E-state index >= 15 is 0 Å². The van der Waals surface area contributed by atoms with Gasteiger partial charge >= 0.3 is 5.97 Å². The van der Waals surface area contributed by atoms with Gasteiger partial charge in [0.05, 0.1) is 5.41 Å². The molecule has 0 aromatic heterocycles. The first-order chi connectivity index (χ1) is 14.6. The molecular formula is C23H34N4O4. The number of carbonyl (C=O) groups excluding carboxylic acids is 2. The van der Waals surface area contributed by atoms with Gasteiger partial charge < -0.3 is 21.1 Å². The van der Waals surface area contributed by atoms with Crippen LogP contribution in [0.5, 0.6) is 0 Å². The van der Waals surface area contributed by atoms with E-state index in [0.717, 1.165) is 6.42 Å². The average Bonchev–Trinajstić information content (AvgIpc) is 2.73. The largest absolute Gasteiger partial charge is 0.481 e. The molecule has 0 spiro atoms. The van der Waals surface area contributed by atoms with Crippen molar-refractivity contribution in [1.82, 2.24) is 10.2 Å². The second kappa shape index (κ2) is 10.4. The predicted molar refractivity (Wildman–Crippen MR) is 119 cm³/mol. The maximum absolute atomic E-state index is 13.3. The Bertz CT molecular complexity index is 811. The number of amidine groups is 1. The van der Waals surface area contributed by atoms with Crippen LogP contribution >= 0.6 is 0 Å². The van der Waals surface area contributed by atoms with Gasteiger partial charge in [0.2, 0.25) is 5.91 Å². The van der Waals surface area contributed by atoms with Crippen molar-refractivity contribution < 1.29 is 19.5 Å². The van der Waals surface area contributed by atoms with E-state index in [1.54, 1.807) is 29.2 Å². The lowest BCUT2D eigenvalue weighted by Gasteiger charge is -2.40. The number of piperidine rings is 1. The smallest absolute Gasteiger partial charge is 0.303 e. The van der Waals surface area contributed by atoms with Crippen molar-refractivity contribution in [2.45, 2.75) is 58.9 Å². The van der Waals surface area contributed by atoms with Crippen molar-refractivity contribution in [1.29, 1.82) is 5.41 Å². The van der Waals surface area contributed by atoms with E-state index in [1.165, 1.54) is 0 Å². The average molecular weight is 431 g/mol. The molecule has 0 bridgehead atoms. The lowest BCUT2D eigenvalue weighted by Crippen LogP contribution is -2.55. The number of nitrogen functional groups attached to an aromatic ring is 1. The summed E-state index contributed by atoms with van der Waals surface area (Å²) in [7, 11) is 0. The van der Waals surface area contributed by atoms with E-state index in [0.29, 0.717) is 43.5 Å². The fraction of sp³-hybridized carbons (Fsp3) is 0.565. The molecule has 0 saturated carbocycles. The zero-order valence-electron chi connectivity index (χ0n) is 18.6. The second-order valence-corrected chi connectivity index (χ2v) is 8.86. The number of nitrogens with two attached hydrogens (primary N) is 1. The van der Waals surface area contributed by atoms with Crippen LogP contribution < -0.4 is 11.1 Å². The van der Waals surface area contributed by atoms with Gasteiger partial charge in [-0.25, -0.2) is 0 Å². The highest BCUT2D eigenvalue weighted by Gasteiger charge is 2.41. The summed E-state index contributed by atoms with van der Waals surface area (Å²) in [6.07, 6.45) is 2.97. The number of aliphatic carboxylic acids is 1. The van der Waals surface area contributed by atoms with Crippen molar-refractivity contribution in [2.24, 2.45) is 17.1 Å². The Balaban J connectivity index is 2.07.